The Bertz CT molecular complexity index is 564. The molecular formula is C14H17N3S2. The van der Waals surface area contributed by atoms with E-state index in [0.29, 0.717) is 11.0 Å². The first-order valence-corrected chi connectivity index (χ1v) is 7.41. The van der Waals surface area contributed by atoms with Crippen molar-refractivity contribution < 1.29 is 0 Å². The molecule has 5 heteroatoms. The van der Waals surface area contributed by atoms with E-state index in [-0.39, 0.29) is 0 Å². The van der Waals surface area contributed by atoms with Crippen LogP contribution in [0.25, 0.3) is 0 Å². The fourth-order valence-corrected chi connectivity index (χ4v) is 2.87. The molecule has 0 aromatic carbocycles. The minimum Gasteiger partial charge on any atom is -0.389 e. The SMILES string of the molecule is Cc1cc(C(N)=S)cc(NC(C)Cc2cccs2)n1. The predicted molar refractivity (Wildman–Crippen MR) is 86.0 cm³/mol. The molecule has 0 fully saturated rings. The molecule has 0 spiro atoms. The van der Waals surface area contributed by atoms with Crippen LogP contribution in [-0.4, -0.2) is 16.0 Å². The summed E-state index contributed by atoms with van der Waals surface area (Å²) < 4.78 is 0. The first-order valence-electron chi connectivity index (χ1n) is 6.12. The number of aromatic nitrogens is 1. The van der Waals surface area contributed by atoms with Crippen molar-refractivity contribution >= 4 is 34.4 Å². The predicted octanol–water partition coefficient (Wildman–Crippen LogP) is 3.13. The number of thiophene rings is 1. The number of pyridine rings is 1. The van der Waals surface area contributed by atoms with E-state index in [4.69, 9.17) is 18.0 Å². The van der Waals surface area contributed by atoms with Crippen LogP contribution in [0.1, 0.15) is 23.1 Å². The second-order valence-corrected chi connectivity index (χ2v) is 6.05. The molecule has 2 aromatic rings. The number of aryl methyl sites for hydroxylation is 1. The van der Waals surface area contributed by atoms with Gasteiger partial charge in [-0.05, 0) is 37.4 Å². The maximum atomic E-state index is 5.67. The lowest BCUT2D eigenvalue weighted by Gasteiger charge is -2.15. The summed E-state index contributed by atoms with van der Waals surface area (Å²) in [6.07, 6.45) is 0.982. The quantitative estimate of drug-likeness (QED) is 0.831. The van der Waals surface area contributed by atoms with Gasteiger partial charge >= 0.3 is 0 Å². The highest BCUT2D eigenvalue weighted by molar-refractivity contribution is 7.80. The van der Waals surface area contributed by atoms with Crippen molar-refractivity contribution in [1.29, 1.82) is 0 Å². The van der Waals surface area contributed by atoms with Crippen LogP contribution in [0.2, 0.25) is 0 Å². The molecular weight excluding hydrogens is 274 g/mol. The van der Waals surface area contributed by atoms with Gasteiger partial charge in [0.05, 0.1) is 0 Å². The Kier molecular flexibility index (Phi) is 4.50. The molecule has 3 N–H and O–H groups in total. The molecule has 0 saturated carbocycles. The highest BCUT2D eigenvalue weighted by Gasteiger charge is 2.07. The van der Waals surface area contributed by atoms with Gasteiger partial charge in [-0.2, -0.15) is 0 Å². The molecule has 2 aromatic heterocycles. The molecule has 0 aliphatic rings. The van der Waals surface area contributed by atoms with Crippen molar-refractivity contribution in [3.05, 3.63) is 45.8 Å². The second-order valence-electron chi connectivity index (χ2n) is 4.58. The van der Waals surface area contributed by atoms with Crippen LogP contribution < -0.4 is 11.1 Å². The smallest absolute Gasteiger partial charge is 0.127 e. The Hall–Kier alpha value is -1.46. The molecule has 1 unspecified atom stereocenters. The van der Waals surface area contributed by atoms with E-state index in [1.165, 1.54) is 4.88 Å². The average Bonchev–Trinajstić information content (AvgIpc) is 2.80. The van der Waals surface area contributed by atoms with E-state index in [1.54, 1.807) is 11.3 Å². The second kappa shape index (κ2) is 6.12. The first-order chi connectivity index (χ1) is 9.04. The van der Waals surface area contributed by atoms with Gasteiger partial charge in [0.15, 0.2) is 0 Å². The molecule has 0 aliphatic heterocycles. The Morgan fingerprint density at radius 1 is 1.53 bits per heavy atom. The van der Waals surface area contributed by atoms with Crippen LogP contribution in [0.3, 0.4) is 0 Å². The summed E-state index contributed by atoms with van der Waals surface area (Å²) in [5, 5.41) is 5.49. The third-order valence-electron chi connectivity index (χ3n) is 2.72. The van der Waals surface area contributed by atoms with Gasteiger partial charge in [-0.1, -0.05) is 18.3 Å². The first kappa shape index (κ1) is 14.0. The van der Waals surface area contributed by atoms with Crippen LogP contribution >= 0.6 is 23.6 Å². The molecule has 0 amide bonds. The fraction of sp³-hybridized carbons (Fsp3) is 0.286. The van der Waals surface area contributed by atoms with Gasteiger partial charge in [-0.3, -0.25) is 0 Å². The van der Waals surface area contributed by atoms with Gasteiger partial charge in [0, 0.05) is 28.6 Å². The Balaban J connectivity index is 2.08. The molecule has 0 aliphatic carbocycles. The zero-order chi connectivity index (χ0) is 13.8. The Morgan fingerprint density at radius 2 is 2.32 bits per heavy atom. The average molecular weight is 291 g/mol. The largest absolute Gasteiger partial charge is 0.389 e. The maximum absolute atomic E-state index is 5.67. The monoisotopic (exact) mass is 291 g/mol. The molecule has 1 atom stereocenters. The molecule has 100 valence electrons. The molecule has 3 nitrogen and oxygen atoms in total. The van der Waals surface area contributed by atoms with Crippen molar-refractivity contribution in [1.82, 2.24) is 4.98 Å². The summed E-state index contributed by atoms with van der Waals surface area (Å²) in [6.45, 7) is 4.08. The van der Waals surface area contributed by atoms with Gasteiger partial charge in [0.1, 0.15) is 10.8 Å². The van der Waals surface area contributed by atoms with E-state index in [0.717, 1.165) is 23.5 Å². The summed E-state index contributed by atoms with van der Waals surface area (Å²) in [5.74, 6) is 0.826. The van der Waals surface area contributed by atoms with Crippen LogP contribution in [0.4, 0.5) is 5.82 Å². The number of anilines is 1. The summed E-state index contributed by atoms with van der Waals surface area (Å²) >= 11 is 6.78. The molecule has 2 rings (SSSR count). The minimum atomic E-state index is 0.312. The van der Waals surface area contributed by atoms with Crippen LogP contribution in [0.15, 0.2) is 29.6 Å². The number of hydrogen-bond acceptors (Lipinski definition) is 4. The van der Waals surface area contributed by atoms with Gasteiger partial charge in [-0.25, -0.2) is 4.98 Å². The molecule has 0 bridgehead atoms. The summed E-state index contributed by atoms with van der Waals surface area (Å²) in [6, 6.07) is 8.33. The highest BCUT2D eigenvalue weighted by Crippen LogP contribution is 2.15. The number of nitrogens with two attached hydrogens (primary N) is 1. The topological polar surface area (TPSA) is 50.9 Å². The van der Waals surface area contributed by atoms with Crippen molar-refractivity contribution in [2.45, 2.75) is 26.3 Å². The lowest BCUT2D eigenvalue weighted by atomic mass is 10.2. The van der Waals surface area contributed by atoms with Crippen molar-refractivity contribution in [2.24, 2.45) is 5.73 Å². The van der Waals surface area contributed by atoms with E-state index in [1.807, 2.05) is 19.1 Å². The normalized spacial score (nSPS) is 12.1. The third-order valence-corrected chi connectivity index (χ3v) is 3.85. The van der Waals surface area contributed by atoms with Gasteiger partial charge in [0.2, 0.25) is 0 Å². The van der Waals surface area contributed by atoms with E-state index < -0.39 is 0 Å². The zero-order valence-electron chi connectivity index (χ0n) is 11.0. The van der Waals surface area contributed by atoms with Crippen LogP contribution in [0, 0.1) is 6.92 Å². The van der Waals surface area contributed by atoms with E-state index in [2.05, 4.69) is 34.7 Å². The summed E-state index contributed by atoms with van der Waals surface area (Å²) in [7, 11) is 0. The Labute approximate surface area is 122 Å². The van der Waals surface area contributed by atoms with Crippen molar-refractivity contribution in [3.8, 4) is 0 Å². The third kappa shape index (κ3) is 4.01. The van der Waals surface area contributed by atoms with Crippen LogP contribution in [-0.2, 0) is 6.42 Å². The maximum Gasteiger partial charge on any atom is 0.127 e. The summed E-state index contributed by atoms with van der Waals surface area (Å²) in [5.41, 5.74) is 7.44. The highest BCUT2D eigenvalue weighted by atomic mass is 32.1. The van der Waals surface area contributed by atoms with E-state index >= 15 is 0 Å². The lowest BCUT2D eigenvalue weighted by molar-refractivity contribution is 0.793. The van der Waals surface area contributed by atoms with Gasteiger partial charge < -0.3 is 11.1 Å². The number of hydrogen-bond donors (Lipinski definition) is 2. The summed E-state index contributed by atoms with van der Waals surface area (Å²) in [4.78, 5) is 6.23. The zero-order valence-corrected chi connectivity index (χ0v) is 12.6. The minimum absolute atomic E-state index is 0.312. The number of nitrogens with one attached hydrogen (secondary N) is 1. The van der Waals surface area contributed by atoms with Crippen molar-refractivity contribution in [3.63, 3.8) is 0 Å². The molecule has 0 saturated heterocycles. The Morgan fingerprint density at radius 3 is 2.95 bits per heavy atom. The standard InChI is InChI=1S/C14H17N3S2/c1-9-6-11(14(15)18)8-13(16-9)17-10(2)7-12-4-3-5-19-12/h3-6,8,10H,7H2,1-2H3,(H2,15,18)(H,16,17). The number of rotatable bonds is 5. The molecule has 0 radical (unpaired) electrons. The van der Waals surface area contributed by atoms with Gasteiger partial charge in [-0.15, -0.1) is 11.3 Å². The molecule has 2 heterocycles. The lowest BCUT2D eigenvalue weighted by Crippen LogP contribution is -2.19. The number of thiocarbonyl (C=S) groups is 1. The van der Waals surface area contributed by atoms with Crippen LogP contribution in [0.5, 0.6) is 0 Å². The number of nitrogens with zero attached hydrogens (tertiary/aromatic N) is 1. The molecule has 19 heavy (non-hydrogen) atoms. The van der Waals surface area contributed by atoms with E-state index in [9.17, 15) is 0 Å². The van der Waals surface area contributed by atoms with Gasteiger partial charge in [0.25, 0.3) is 0 Å². The van der Waals surface area contributed by atoms with Crippen molar-refractivity contribution in [2.75, 3.05) is 5.32 Å². The fourth-order valence-electron chi connectivity index (χ4n) is 1.92.